The van der Waals surface area contributed by atoms with Crippen LogP contribution in [0.25, 0.3) is 5.69 Å². The highest BCUT2D eigenvalue weighted by atomic mass is 35.5. The quantitative estimate of drug-likeness (QED) is 0.741. The van der Waals surface area contributed by atoms with Crippen molar-refractivity contribution in [1.29, 1.82) is 5.26 Å². The summed E-state index contributed by atoms with van der Waals surface area (Å²) in [6.07, 6.45) is 1.55. The molecule has 0 saturated carbocycles. The van der Waals surface area contributed by atoms with Gasteiger partial charge in [0.25, 0.3) is 0 Å². The average Bonchev–Trinajstić information content (AvgIpc) is 2.98. The summed E-state index contributed by atoms with van der Waals surface area (Å²) in [5, 5.41) is 13.8. The number of halogens is 1. The van der Waals surface area contributed by atoms with Crippen molar-refractivity contribution in [3.05, 3.63) is 65.4 Å². The number of hydrogen-bond acceptors (Lipinski definition) is 4. The third-order valence-corrected chi connectivity index (χ3v) is 2.99. The van der Waals surface area contributed by atoms with Crippen LogP contribution in [-0.4, -0.2) is 14.8 Å². The zero-order chi connectivity index (χ0) is 14.7. The van der Waals surface area contributed by atoms with Crippen molar-refractivity contribution in [2.75, 3.05) is 0 Å². The monoisotopic (exact) mass is 296 g/mol. The van der Waals surface area contributed by atoms with E-state index >= 15 is 0 Å². The third-order valence-electron chi connectivity index (χ3n) is 2.75. The van der Waals surface area contributed by atoms with Crippen molar-refractivity contribution in [3.63, 3.8) is 0 Å². The van der Waals surface area contributed by atoms with Crippen LogP contribution in [0.1, 0.15) is 5.56 Å². The molecule has 1 heterocycles. The third kappa shape index (κ3) is 2.86. The molecule has 0 saturated heterocycles. The summed E-state index contributed by atoms with van der Waals surface area (Å²) in [5.74, 6) is 0.368. The summed E-state index contributed by atoms with van der Waals surface area (Å²) < 4.78 is 7.13. The molecule has 0 fully saturated rings. The van der Waals surface area contributed by atoms with Crippen LogP contribution in [0.3, 0.4) is 0 Å². The minimum atomic E-state index is 0.165. The van der Waals surface area contributed by atoms with Gasteiger partial charge in [0, 0.05) is 5.02 Å². The predicted molar refractivity (Wildman–Crippen MR) is 77.6 cm³/mol. The molecule has 0 unspecified atom stereocenters. The fourth-order valence-corrected chi connectivity index (χ4v) is 1.95. The molecule has 0 spiro atoms. The molecule has 102 valence electrons. The van der Waals surface area contributed by atoms with Gasteiger partial charge in [0.15, 0.2) is 0 Å². The van der Waals surface area contributed by atoms with Crippen LogP contribution in [0.5, 0.6) is 11.8 Å². The number of aromatic nitrogens is 3. The van der Waals surface area contributed by atoms with Gasteiger partial charge in [0.2, 0.25) is 0 Å². The predicted octanol–water partition coefficient (Wildman–Crippen LogP) is 3.58. The lowest BCUT2D eigenvalue weighted by molar-refractivity contribution is 0.440. The maximum atomic E-state index is 9.07. The van der Waals surface area contributed by atoms with Crippen LogP contribution in [-0.2, 0) is 0 Å². The first-order valence-electron chi connectivity index (χ1n) is 6.11. The van der Waals surface area contributed by atoms with Crippen molar-refractivity contribution < 1.29 is 4.74 Å². The Morgan fingerprint density at radius 1 is 1.14 bits per heavy atom. The summed E-state index contributed by atoms with van der Waals surface area (Å²) in [6.45, 7) is 0. The van der Waals surface area contributed by atoms with Crippen LogP contribution in [0, 0.1) is 11.3 Å². The largest absolute Gasteiger partial charge is 0.422 e. The van der Waals surface area contributed by atoms with E-state index in [2.05, 4.69) is 10.1 Å². The Kier molecular flexibility index (Phi) is 3.54. The molecule has 0 bridgehead atoms. The minimum absolute atomic E-state index is 0.165. The standard InChI is InChI=1S/C15H9ClN4O/c16-12-6-7-14(11(8-12)9-17)21-15-18-10-20(19-15)13-4-2-1-3-5-13/h1-8,10H. The van der Waals surface area contributed by atoms with Crippen molar-refractivity contribution in [3.8, 4) is 23.5 Å². The fraction of sp³-hybridized carbons (Fsp3) is 0. The molecule has 6 heteroatoms. The number of nitriles is 1. The molecule has 1 aromatic heterocycles. The van der Waals surface area contributed by atoms with E-state index in [0.29, 0.717) is 16.3 Å². The van der Waals surface area contributed by atoms with Gasteiger partial charge in [0.1, 0.15) is 18.1 Å². The second-order valence-electron chi connectivity index (χ2n) is 4.16. The molecule has 0 N–H and O–H groups in total. The lowest BCUT2D eigenvalue weighted by atomic mass is 10.2. The average molecular weight is 297 g/mol. The Balaban J connectivity index is 1.87. The van der Waals surface area contributed by atoms with Gasteiger partial charge < -0.3 is 4.74 Å². The normalized spacial score (nSPS) is 10.1. The minimum Gasteiger partial charge on any atom is -0.422 e. The second kappa shape index (κ2) is 5.65. The number of ether oxygens (including phenoxy) is 1. The zero-order valence-electron chi connectivity index (χ0n) is 10.8. The van der Waals surface area contributed by atoms with Gasteiger partial charge in [-0.1, -0.05) is 29.8 Å². The Labute approximate surface area is 126 Å². The lowest BCUT2D eigenvalue weighted by Gasteiger charge is -2.03. The van der Waals surface area contributed by atoms with Crippen LogP contribution < -0.4 is 4.74 Å². The Morgan fingerprint density at radius 2 is 1.95 bits per heavy atom. The Morgan fingerprint density at radius 3 is 2.71 bits per heavy atom. The number of hydrogen-bond donors (Lipinski definition) is 0. The first-order chi connectivity index (χ1) is 10.3. The van der Waals surface area contributed by atoms with Gasteiger partial charge in [-0.05, 0) is 30.3 Å². The smallest absolute Gasteiger partial charge is 0.341 e. The van der Waals surface area contributed by atoms with Gasteiger partial charge >= 0.3 is 6.01 Å². The number of benzene rings is 2. The Bertz CT molecular complexity index is 808. The van der Waals surface area contributed by atoms with E-state index in [-0.39, 0.29) is 6.01 Å². The molecule has 0 aliphatic heterocycles. The maximum Gasteiger partial charge on any atom is 0.341 e. The van der Waals surface area contributed by atoms with Crippen LogP contribution in [0.15, 0.2) is 54.9 Å². The van der Waals surface area contributed by atoms with E-state index in [1.165, 1.54) is 6.07 Å². The molecule has 0 aliphatic carbocycles. The molecule has 0 aliphatic rings. The molecular weight excluding hydrogens is 288 g/mol. The second-order valence-corrected chi connectivity index (χ2v) is 4.60. The van der Waals surface area contributed by atoms with Gasteiger partial charge in [0.05, 0.1) is 11.3 Å². The topological polar surface area (TPSA) is 63.7 Å². The van der Waals surface area contributed by atoms with E-state index < -0.39 is 0 Å². The summed E-state index contributed by atoms with van der Waals surface area (Å²) in [6, 6.07) is 16.5. The lowest BCUT2D eigenvalue weighted by Crippen LogP contribution is -1.95. The zero-order valence-corrected chi connectivity index (χ0v) is 11.5. The molecular formula is C15H9ClN4O. The summed E-state index contributed by atoms with van der Waals surface area (Å²) in [4.78, 5) is 4.07. The summed E-state index contributed by atoms with van der Waals surface area (Å²) in [5.41, 5.74) is 1.20. The SMILES string of the molecule is N#Cc1cc(Cl)ccc1Oc1ncn(-c2ccccc2)n1. The molecule has 0 atom stereocenters. The van der Waals surface area contributed by atoms with E-state index in [1.54, 1.807) is 23.1 Å². The molecule has 3 aromatic rings. The molecule has 0 radical (unpaired) electrons. The van der Waals surface area contributed by atoms with Gasteiger partial charge in [-0.25, -0.2) is 4.68 Å². The van der Waals surface area contributed by atoms with Crippen molar-refractivity contribution in [2.24, 2.45) is 0 Å². The highest BCUT2D eigenvalue weighted by molar-refractivity contribution is 6.30. The van der Waals surface area contributed by atoms with Gasteiger partial charge in [-0.2, -0.15) is 10.2 Å². The van der Waals surface area contributed by atoms with E-state index in [9.17, 15) is 0 Å². The first kappa shape index (κ1) is 13.2. The molecule has 2 aromatic carbocycles. The fourth-order valence-electron chi connectivity index (χ4n) is 1.78. The maximum absolute atomic E-state index is 9.07. The van der Waals surface area contributed by atoms with E-state index in [4.69, 9.17) is 21.6 Å². The highest BCUT2D eigenvalue weighted by Gasteiger charge is 2.09. The number of rotatable bonds is 3. The van der Waals surface area contributed by atoms with Crippen molar-refractivity contribution >= 4 is 11.6 Å². The molecule has 3 rings (SSSR count). The Hall–Kier alpha value is -2.84. The molecule has 5 nitrogen and oxygen atoms in total. The van der Waals surface area contributed by atoms with E-state index in [0.717, 1.165) is 5.69 Å². The number of para-hydroxylation sites is 1. The van der Waals surface area contributed by atoms with Crippen LogP contribution >= 0.6 is 11.6 Å². The van der Waals surface area contributed by atoms with E-state index in [1.807, 2.05) is 36.4 Å². The highest BCUT2D eigenvalue weighted by Crippen LogP contribution is 2.25. The van der Waals surface area contributed by atoms with Crippen LogP contribution in [0.2, 0.25) is 5.02 Å². The van der Waals surface area contributed by atoms with Crippen molar-refractivity contribution in [1.82, 2.24) is 14.8 Å². The molecule has 0 amide bonds. The summed E-state index contributed by atoms with van der Waals surface area (Å²) >= 11 is 5.84. The molecule has 21 heavy (non-hydrogen) atoms. The first-order valence-corrected chi connectivity index (χ1v) is 6.48. The van der Waals surface area contributed by atoms with Crippen LogP contribution in [0.4, 0.5) is 0 Å². The van der Waals surface area contributed by atoms with Crippen molar-refractivity contribution in [2.45, 2.75) is 0 Å². The van der Waals surface area contributed by atoms with Gasteiger partial charge in [-0.3, -0.25) is 0 Å². The van der Waals surface area contributed by atoms with Gasteiger partial charge in [-0.15, -0.1) is 5.10 Å². The number of nitrogens with zero attached hydrogens (tertiary/aromatic N) is 4. The summed E-state index contributed by atoms with van der Waals surface area (Å²) in [7, 11) is 0.